The SMILES string of the molecule is C/C=C1/OCCOC(=O)c2cc(N)nc(c2)S(=O)Nc2cc(c(F)cc2F)/C1=C/CC. The highest BCUT2D eigenvalue weighted by atomic mass is 32.2. The standard InChI is InChI=1S/C21H21F2N3O4S/c1-3-5-13-14-10-17(16(23)11-15(14)22)26-31(28)20-9-12(8-19(24)25-20)21(27)30-7-6-29-18(13)4-2/h4-5,8-11,26H,3,6-7H2,1-2H3,(H2,24,25)/b13-5-,18-4+. The number of anilines is 2. The zero-order valence-corrected chi connectivity index (χ0v) is 17.7. The fraction of sp³-hybridized carbons (Fsp3) is 0.238. The van der Waals surface area contributed by atoms with Crippen molar-refractivity contribution in [2.24, 2.45) is 0 Å². The third-order valence-electron chi connectivity index (χ3n) is 4.31. The maximum atomic E-state index is 14.7. The van der Waals surface area contributed by atoms with Gasteiger partial charge in [-0.05, 0) is 37.6 Å². The van der Waals surface area contributed by atoms with E-state index in [-0.39, 0.29) is 40.9 Å². The van der Waals surface area contributed by atoms with E-state index < -0.39 is 28.6 Å². The number of cyclic esters (lactones) is 1. The molecule has 1 aliphatic heterocycles. The molecule has 2 heterocycles. The van der Waals surface area contributed by atoms with E-state index in [1.807, 2.05) is 6.92 Å². The Hall–Kier alpha value is -3.27. The second-order valence-electron chi connectivity index (χ2n) is 6.46. The number of nitrogens with two attached hydrogens (primary N) is 1. The van der Waals surface area contributed by atoms with E-state index in [4.69, 9.17) is 15.2 Å². The second-order valence-corrected chi connectivity index (χ2v) is 7.62. The Bertz CT molecular complexity index is 1100. The summed E-state index contributed by atoms with van der Waals surface area (Å²) in [5.41, 5.74) is 5.98. The van der Waals surface area contributed by atoms with Gasteiger partial charge in [0, 0.05) is 17.2 Å². The number of esters is 1. The van der Waals surface area contributed by atoms with Crippen LogP contribution in [-0.4, -0.2) is 28.4 Å². The molecule has 7 nitrogen and oxygen atoms in total. The molecule has 1 aromatic heterocycles. The topological polar surface area (TPSA) is 104 Å². The first-order valence-electron chi connectivity index (χ1n) is 9.46. The summed E-state index contributed by atoms with van der Waals surface area (Å²) in [6, 6.07) is 4.42. The van der Waals surface area contributed by atoms with Crippen LogP contribution in [0.4, 0.5) is 20.3 Å². The van der Waals surface area contributed by atoms with Crippen LogP contribution in [0.1, 0.15) is 36.2 Å². The summed E-state index contributed by atoms with van der Waals surface area (Å²) in [6.45, 7) is 3.47. The first kappa shape index (κ1) is 22.4. The fourth-order valence-electron chi connectivity index (χ4n) is 2.96. The molecule has 2 aromatic rings. The lowest BCUT2D eigenvalue weighted by atomic mass is 10.0. The molecule has 0 spiro atoms. The Morgan fingerprint density at radius 1 is 1.19 bits per heavy atom. The highest BCUT2D eigenvalue weighted by molar-refractivity contribution is 7.86. The zero-order chi connectivity index (χ0) is 22.5. The number of rotatable bonds is 1. The van der Waals surface area contributed by atoms with E-state index in [1.165, 1.54) is 18.2 Å². The van der Waals surface area contributed by atoms with Crippen LogP contribution in [0.2, 0.25) is 0 Å². The van der Waals surface area contributed by atoms with Crippen molar-refractivity contribution in [3.05, 3.63) is 64.9 Å². The highest BCUT2D eigenvalue weighted by Gasteiger charge is 2.20. The molecule has 0 amide bonds. The van der Waals surface area contributed by atoms with Crippen LogP contribution in [-0.2, 0) is 20.5 Å². The molecule has 164 valence electrons. The van der Waals surface area contributed by atoms with Gasteiger partial charge in [0.15, 0.2) is 16.0 Å². The van der Waals surface area contributed by atoms with Crippen molar-refractivity contribution in [1.82, 2.24) is 4.98 Å². The summed E-state index contributed by atoms with van der Waals surface area (Å²) < 4.78 is 55.3. The Labute approximate surface area is 180 Å². The quantitative estimate of drug-likeness (QED) is 0.639. The van der Waals surface area contributed by atoms with Gasteiger partial charge in [0.1, 0.15) is 36.4 Å². The van der Waals surface area contributed by atoms with Gasteiger partial charge in [-0.2, -0.15) is 0 Å². The van der Waals surface area contributed by atoms with E-state index in [2.05, 4.69) is 9.71 Å². The first-order chi connectivity index (χ1) is 14.8. The molecule has 0 radical (unpaired) electrons. The zero-order valence-electron chi connectivity index (χ0n) is 16.9. The third-order valence-corrected chi connectivity index (χ3v) is 5.30. The third kappa shape index (κ3) is 5.08. The highest BCUT2D eigenvalue weighted by Crippen LogP contribution is 2.31. The molecule has 0 saturated heterocycles. The van der Waals surface area contributed by atoms with Crippen LogP contribution in [0.3, 0.4) is 0 Å². The van der Waals surface area contributed by atoms with E-state index in [0.29, 0.717) is 23.8 Å². The predicted molar refractivity (Wildman–Crippen MR) is 113 cm³/mol. The number of carbonyl (C=O) groups excluding carboxylic acids is 1. The van der Waals surface area contributed by atoms with Crippen molar-refractivity contribution in [2.75, 3.05) is 23.7 Å². The number of ether oxygens (including phenoxy) is 2. The van der Waals surface area contributed by atoms with Crippen molar-refractivity contribution in [3.8, 4) is 0 Å². The molecular weight excluding hydrogens is 428 g/mol. The molecule has 31 heavy (non-hydrogen) atoms. The summed E-state index contributed by atoms with van der Waals surface area (Å²) in [4.78, 5) is 16.3. The average Bonchev–Trinajstić information content (AvgIpc) is 2.73. The van der Waals surface area contributed by atoms with Gasteiger partial charge in [-0.1, -0.05) is 13.0 Å². The molecule has 1 unspecified atom stereocenters. The summed E-state index contributed by atoms with van der Waals surface area (Å²) in [6.07, 6.45) is 3.90. The van der Waals surface area contributed by atoms with Gasteiger partial charge in [-0.3, -0.25) is 4.72 Å². The van der Waals surface area contributed by atoms with Gasteiger partial charge in [-0.15, -0.1) is 0 Å². The maximum absolute atomic E-state index is 14.7. The number of fused-ring (bicyclic) bond motifs is 4. The van der Waals surface area contributed by atoms with Crippen LogP contribution in [0.5, 0.6) is 0 Å². The van der Waals surface area contributed by atoms with Gasteiger partial charge in [0.25, 0.3) is 0 Å². The lowest BCUT2D eigenvalue weighted by molar-refractivity contribution is 0.0408. The molecule has 4 bridgehead atoms. The van der Waals surface area contributed by atoms with E-state index >= 15 is 0 Å². The van der Waals surface area contributed by atoms with Gasteiger partial charge in [0.05, 0.1) is 11.3 Å². The fourth-order valence-corrected chi connectivity index (χ4v) is 3.84. The van der Waals surface area contributed by atoms with Crippen molar-refractivity contribution in [3.63, 3.8) is 0 Å². The van der Waals surface area contributed by atoms with Crippen molar-refractivity contribution in [2.45, 2.75) is 25.3 Å². The average molecular weight is 449 g/mol. The number of aromatic nitrogens is 1. The van der Waals surface area contributed by atoms with Crippen LogP contribution in [0, 0.1) is 11.6 Å². The summed E-state index contributed by atoms with van der Waals surface area (Å²) in [7, 11) is -2.09. The lowest BCUT2D eigenvalue weighted by Crippen LogP contribution is -2.14. The molecule has 0 aliphatic carbocycles. The molecule has 0 fully saturated rings. The first-order valence-corrected chi connectivity index (χ1v) is 10.6. The Morgan fingerprint density at radius 2 is 1.94 bits per heavy atom. The monoisotopic (exact) mass is 449 g/mol. The molecule has 3 rings (SSSR count). The number of hydrogen-bond donors (Lipinski definition) is 2. The minimum Gasteiger partial charge on any atom is -0.490 e. The van der Waals surface area contributed by atoms with Crippen LogP contribution >= 0.6 is 0 Å². The summed E-state index contributed by atoms with van der Waals surface area (Å²) in [5, 5.41) is -0.109. The second kappa shape index (κ2) is 9.69. The number of halogens is 2. The number of nitrogens with one attached hydrogen (secondary N) is 1. The van der Waals surface area contributed by atoms with Crippen molar-refractivity contribution >= 4 is 34.0 Å². The summed E-state index contributed by atoms with van der Waals surface area (Å²) in [5.74, 6) is -2.20. The maximum Gasteiger partial charge on any atom is 0.338 e. The molecule has 10 heteroatoms. The Balaban J connectivity index is 2.16. The van der Waals surface area contributed by atoms with Crippen molar-refractivity contribution < 1.29 is 27.3 Å². The summed E-state index contributed by atoms with van der Waals surface area (Å²) >= 11 is 0. The number of pyridine rings is 1. The van der Waals surface area contributed by atoms with Crippen LogP contribution in [0.15, 0.2) is 47.2 Å². The minimum absolute atomic E-state index is 0.000256. The number of benzene rings is 1. The van der Waals surface area contributed by atoms with Gasteiger partial charge < -0.3 is 15.2 Å². The molecular formula is C21H21F2N3O4S. The van der Waals surface area contributed by atoms with Crippen LogP contribution < -0.4 is 10.5 Å². The lowest BCUT2D eigenvalue weighted by Gasteiger charge is -2.16. The smallest absolute Gasteiger partial charge is 0.338 e. The Morgan fingerprint density at radius 3 is 2.65 bits per heavy atom. The number of nitrogen functional groups attached to an aromatic ring is 1. The van der Waals surface area contributed by atoms with E-state index in [0.717, 1.165) is 0 Å². The number of carbonyl (C=O) groups is 1. The van der Waals surface area contributed by atoms with E-state index in [9.17, 15) is 17.8 Å². The number of hydrogen-bond acceptors (Lipinski definition) is 6. The van der Waals surface area contributed by atoms with Gasteiger partial charge >= 0.3 is 5.97 Å². The largest absolute Gasteiger partial charge is 0.490 e. The molecule has 1 aromatic carbocycles. The number of allylic oxidation sites excluding steroid dienone is 3. The normalized spacial score (nSPS) is 19.7. The van der Waals surface area contributed by atoms with Gasteiger partial charge in [-0.25, -0.2) is 22.8 Å². The minimum atomic E-state index is -2.09. The molecule has 0 saturated carbocycles. The van der Waals surface area contributed by atoms with Gasteiger partial charge in [0.2, 0.25) is 0 Å². The Kier molecular flexibility index (Phi) is 7.01. The van der Waals surface area contributed by atoms with Crippen LogP contribution in [0.25, 0.3) is 5.57 Å². The molecule has 3 N–H and O–H groups in total. The van der Waals surface area contributed by atoms with Crippen molar-refractivity contribution in [1.29, 1.82) is 0 Å². The van der Waals surface area contributed by atoms with E-state index in [1.54, 1.807) is 19.1 Å². The number of nitrogens with zero attached hydrogens (tertiary/aromatic N) is 1. The predicted octanol–water partition coefficient (Wildman–Crippen LogP) is 3.96. The molecule has 1 atom stereocenters. The molecule has 1 aliphatic rings.